The third kappa shape index (κ3) is 3.82. The maximum absolute atomic E-state index is 13.5. The maximum Gasteiger partial charge on any atom is 0.387 e. The molecule has 136 valence electrons. The average Bonchev–Trinajstić information content (AvgIpc) is 2.75. The molecule has 2 aromatic rings. The molecule has 0 amide bonds. The Hall–Kier alpha value is -2.96. The molecule has 2 aromatic carbocycles. The van der Waals surface area contributed by atoms with Crippen LogP contribution in [0.25, 0.3) is 6.08 Å². The van der Waals surface area contributed by atoms with Crippen molar-refractivity contribution >= 4 is 11.9 Å². The van der Waals surface area contributed by atoms with Crippen LogP contribution in [0, 0.1) is 5.82 Å². The molecule has 0 bridgehead atoms. The van der Waals surface area contributed by atoms with Crippen LogP contribution in [-0.4, -0.2) is 26.1 Å². The predicted molar refractivity (Wildman–Crippen MR) is 88.4 cm³/mol. The minimum atomic E-state index is -2.97. The van der Waals surface area contributed by atoms with Gasteiger partial charge in [-0.1, -0.05) is 6.07 Å². The Morgan fingerprint density at radius 2 is 1.96 bits per heavy atom. The first-order valence-corrected chi connectivity index (χ1v) is 7.78. The fourth-order valence-corrected chi connectivity index (χ4v) is 2.67. The van der Waals surface area contributed by atoms with Crippen molar-refractivity contribution in [1.29, 1.82) is 0 Å². The van der Waals surface area contributed by atoms with E-state index < -0.39 is 12.4 Å². The van der Waals surface area contributed by atoms with Gasteiger partial charge < -0.3 is 14.2 Å². The zero-order valence-corrected chi connectivity index (χ0v) is 13.8. The van der Waals surface area contributed by atoms with Crippen LogP contribution in [-0.2, 0) is 0 Å². The summed E-state index contributed by atoms with van der Waals surface area (Å²) in [5, 5.41) is 0. The highest BCUT2D eigenvalue weighted by molar-refractivity contribution is 6.13. The van der Waals surface area contributed by atoms with Crippen LogP contribution in [0.3, 0.4) is 0 Å². The normalized spacial score (nSPS) is 15.4. The van der Waals surface area contributed by atoms with Crippen LogP contribution in [0.4, 0.5) is 13.2 Å². The van der Waals surface area contributed by atoms with E-state index in [0.717, 1.165) is 6.07 Å². The van der Waals surface area contributed by atoms with Crippen LogP contribution in [0.15, 0.2) is 42.0 Å². The lowest BCUT2D eigenvalue weighted by atomic mass is 9.99. The molecular formula is C19H15F3O4. The molecule has 26 heavy (non-hydrogen) atoms. The Balaban J connectivity index is 1.95. The largest absolute Gasteiger partial charge is 0.493 e. The van der Waals surface area contributed by atoms with Gasteiger partial charge in [-0.3, -0.25) is 4.79 Å². The Labute approximate surface area is 147 Å². The molecule has 0 spiro atoms. The first kappa shape index (κ1) is 17.8. The number of fused-ring (bicyclic) bond motifs is 1. The predicted octanol–water partition coefficient (Wildman–Crippen LogP) is 4.48. The van der Waals surface area contributed by atoms with Gasteiger partial charge in [0.05, 0.1) is 19.3 Å². The Morgan fingerprint density at radius 3 is 2.69 bits per heavy atom. The highest BCUT2D eigenvalue weighted by Gasteiger charge is 2.22. The SMILES string of the molecule is COc1cc(/C=C2/CCOc3ccc(F)cc3C2=O)ccc1OC(F)F. The zero-order valence-electron chi connectivity index (χ0n) is 13.8. The molecule has 7 heteroatoms. The number of halogens is 3. The second-order valence-electron chi connectivity index (χ2n) is 5.53. The minimum absolute atomic E-state index is 0.104. The van der Waals surface area contributed by atoms with Crippen LogP contribution in [0.5, 0.6) is 17.2 Å². The highest BCUT2D eigenvalue weighted by atomic mass is 19.3. The van der Waals surface area contributed by atoms with E-state index in [1.807, 2.05) is 0 Å². The summed E-state index contributed by atoms with van der Waals surface area (Å²) in [5.74, 6) is -0.532. The molecule has 0 N–H and O–H groups in total. The van der Waals surface area contributed by atoms with Gasteiger partial charge in [-0.05, 0) is 42.0 Å². The van der Waals surface area contributed by atoms with Gasteiger partial charge in [-0.2, -0.15) is 8.78 Å². The second kappa shape index (κ2) is 7.51. The van der Waals surface area contributed by atoms with Gasteiger partial charge in [-0.15, -0.1) is 0 Å². The highest BCUT2D eigenvalue weighted by Crippen LogP contribution is 2.32. The Bertz CT molecular complexity index is 862. The summed E-state index contributed by atoms with van der Waals surface area (Å²) in [6.07, 6.45) is 1.92. The Morgan fingerprint density at radius 1 is 1.15 bits per heavy atom. The van der Waals surface area contributed by atoms with E-state index in [1.54, 1.807) is 6.08 Å². The van der Waals surface area contributed by atoms with Gasteiger partial charge in [-0.25, -0.2) is 4.39 Å². The lowest BCUT2D eigenvalue weighted by Crippen LogP contribution is -2.04. The van der Waals surface area contributed by atoms with Gasteiger partial charge in [0.1, 0.15) is 11.6 Å². The van der Waals surface area contributed by atoms with Gasteiger partial charge >= 0.3 is 6.61 Å². The van der Waals surface area contributed by atoms with Crippen LogP contribution in [0.2, 0.25) is 0 Å². The van der Waals surface area contributed by atoms with Crippen LogP contribution >= 0.6 is 0 Å². The van der Waals surface area contributed by atoms with E-state index in [9.17, 15) is 18.0 Å². The van der Waals surface area contributed by atoms with Crippen molar-refractivity contribution in [3.05, 3.63) is 58.9 Å². The molecule has 0 unspecified atom stereocenters. The average molecular weight is 364 g/mol. The number of ketones is 1. The summed E-state index contributed by atoms with van der Waals surface area (Å²) in [4.78, 5) is 12.7. The van der Waals surface area contributed by atoms with Crippen LogP contribution in [0.1, 0.15) is 22.3 Å². The van der Waals surface area contributed by atoms with E-state index in [2.05, 4.69) is 4.74 Å². The number of hydrogen-bond donors (Lipinski definition) is 0. The standard InChI is InChI=1S/C19H15F3O4/c1-24-17-9-11(2-4-16(17)26-19(21)22)8-12-6-7-25-15-5-3-13(20)10-14(15)18(12)23/h2-5,8-10,19H,6-7H2,1H3/b12-8-. The van der Waals surface area contributed by atoms with Crippen LogP contribution < -0.4 is 14.2 Å². The van der Waals surface area contributed by atoms with Crippen molar-refractivity contribution in [3.63, 3.8) is 0 Å². The molecule has 0 saturated carbocycles. The van der Waals surface area contributed by atoms with Crippen molar-refractivity contribution in [2.24, 2.45) is 0 Å². The topological polar surface area (TPSA) is 44.8 Å². The number of hydrogen-bond acceptors (Lipinski definition) is 4. The number of carbonyl (C=O) groups excluding carboxylic acids is 1. The van der Waals surface area contributed by atoms with E-state index >= 15 is 0 Å². The number of Topliss-reactive ketones (excluding diaryl/α,β-unsaturated/α-hetero) is 1. The minimum Gasteiger partial charge on any atom is -0.493 e. The quantitative estimate of drug-likeness (QED) is 0.750. The first-order valence-electron chi connectivity index (χ1n) is 7.78. The summed E-state index contributed by atoms with van der Waals surface area (Å²) >= 11 is 0. The molecule has 3 rings (SSSR count). The lowest BCUT2D eigenvalue weighted by Gasteiger charge is -2.10. The van der Waals surface area contributed by atoms with E-state index in [0.29, 0.717) is 23.3 Å². The molecule has 0 radical (unpaired) electrons. The van der Waals surface area contributed by atoms with Crippen molar-refractivity contribution < 1.29 is 32.2 Å². The number of carbonyl (C=O) groups is 1. The lowest BCUT2D eigenvalue weighted by molar-refractivity contribution is -0.0512. The summed E-state index contributed by atoms with van der Waals surface area (Å²) in [6.45, 7) is -2.71. The van der Waals surface area contributed by atoms with E-state index in [1.165, 1.54) is 37.4 Å². The fourth-order valence-electron chi connectivity index (χ4n) is 2.67. The summed E-state index contributed by atoms with van der Waals surface area (Å²) in [7, 11) is 1.33. The van der Waals surface area contributed by atoms with Crippen molar-refractivity contribution in [2.45, 2.75) is 13.0 Å². The third-order valence-corrected chi connectivity index (χ3v) is 3.85. The van der Waals surface area contributed by atoms with Crippen molar-refractivity contribution in [3.8, 4) is 17.2 Å². The van der Waals surface area contributed by atoms with Gasteiger partial charge in [0.15, 0.2) is 17.3 Å². The molecule has 0 aromatic heterocycles. The molecule has 1 aliphatic heterocycles. The van der Waals surface area contributed by atoms with Crippen molar-refractivity contribution in [2.75, 3.05) is 13.7 Å². The number of rotatable bonds is 4. The van der Waals surface area contributed by atoms with E-state index in [-0.39, 0.29) is 29.5 Å². The van der Waals surface area contributed by atoms with Crippen molar-refractivity contribution in [1.82, 2.24) is 0 Å². The number of ether oxygens (including phenoxy) is 3. The molecule has 0 atom stereocenters. The zero-order chi connectivity index (χ0) is 18.7. The molecule has 0 aliphatic carbocycles. The number of benzene rings is 2. The third-order valence-electron chi connectivity index (χ3n) is 3.85. The Kier molecular flexibility index (Phi) is 5.16. The summed E-state index contributed by atoms with van der Waals surface area (Å²) < 4.78 is 53.2. The molecule has 1 aliphatic rings. The van der Waals surface area contributed by atoms with E-state index in [4.69, 9.17) is 9.47 Å². The van der Waals surface area contributed by atoms with Gasteiger partial charge in [0.25, 0.3) is 0 Å². The molecular weight excluding hydrogens is 349 g/mol. The molecule has 0 fully saturated rings. The fraction of sp³-hybridized carbons (Fsp3) is 0.211. The molecule has 0 saturated heterocycles. The first-order chi connectivity index (χ1) is 12.5. The summed E-state index contributed by atoms with van der Waals surface area (Å²) in [6, 6.07) is 8.13. The molecule has 1 heterocycles. The summed E-state index contributed by atoms with van der Waals surface area (Å²) in [5.41, 5.74) is 1.13. The van der Waals surface area contributed by atoms with Gasteiger partial charge in [0, 0.05) is 12.0 Å². The number of methoxy groups -OCH3 is 1. The number of alkyl halides is 2. The molecule has 4 nitrogen and oxygen atoms in total. The smallest absolute Gasteiger partial charge is 0.387 e. The second-order valence-corrected chi connectivity index (χ2v) is 5.53. The maximum atomic E-state index is 13.5. The van der Waals surface area contributed by atoms with Gasteiger partial charge in [0.2, 0.25) is 0 Å². The monoisotopic (exact) mass is 364 g/mol.